The summed E-state index contributed by atoms with van der Waals surface area (Å²) in [5, 5.41) is 0. The molecule has 0 bridgehead atoms. The first-order valence-corrected chi connectivity index (χ1v) is 6.08. The second-order valence-electron chi connectivity index (χ2n) is 3.86. The molecule has 0 saturated heterocycles. The Labute approximate surface area is 97.3 Å². The van der Waals surface area contributed by atoms with Crippen molar-refractivity contribution in [2.24, 2.45) is 0 Å². The third-order valence-corrected chi connectivity index (χ3v) is 2.29. The molecule has 0 aromatic heterocycles. The summed E-state index contributed by atoms with van der Waals surface area (Å²) in [4.78, 5) is 10.9. The van der Waals surface area contributed by atoms with E-state index in [2.05, 4.69) is 11.7 Å². The predicted molar refractivity (Wildman–Crippen MR) is 60.8 cm³/mol. The average molecular weight is 234 g/mol. The number of unbranched alkanes of at least 4 members (excludes halogenated alkanes) is 3. The number of carbonyl (C=O) groups excluding carboxylic acids is 1. The van der Waals surface area contributed by atoms with Gasteiger partial charge in [-0.05, 0) is 20.3 Å². The number of rotatable bonds is 9. The lowest BCUT2D eigenvalue weighted by Gasteiger charge is -2.15. The highest BCUT2D eigenvalue weighted by atomic mass is 19.1. The number of alkyl halides is 1. The summed E-state index contributed by atoms with van der Waals surface area (Å²) in [6.45, 7) is 5.72. The first kappa shape index (κ1) is 15.4. The van der Waals surface area contributed by atoms with Crippen molar-refractivity contribution in [3.05, 3.63) is 0 Å². The molecule has 0 saturated carbocycles. The zero-order chi connectivity index (χ0) is 12.4. The SMILES string of the molecule is CCCCCCC(C)OC(F)C(=O)OCC. The molecule has 0 aliphatic rings. The molecule has 0 radical (unpaired) electrons. The summed E-state index contributed by atoms with van der Waals surface area (Å²) in [7, 11) is 0. The standard InChI is InChI=1S/C12H23FO3/c1-4-6-7-8-9-10(3)16-11(13)12(14)15-5-2/h10-11H,4-9H2,1-3H3. The van der Waals surface area contributed by atoms with Crippen molar-refractivity contribution in [3.63, 3.8) is 0 Å². The molecule has 0 amide bonds. The fraction of sp³-hybridized carbons (Fsp3) is 0.917. The van der Waals surface area contributed by atoms with E-state index in [1.807, 2.05) is 0 Å². The second kappa shape index (κ2) is 9.58. The van der Waals surface area contributed by atoms with Crippen LogP contribution in [0.25, 0.3) is 0 Å². The molecule has 0 spiro atoms. The van der Waals surface area contributed by atoms with Crippen LogP contribution < -0.4 is 0 Å². The highest BCUT2D eigenvalue weighted by Crippen LogP contribution is 2.11. The summed E-state index contributed by atoms with van der Waals surface area (Å²) < 4.78 is 22.5. The minimum atomic E-state index is -1.94. The number of ether oxygens (including phenoxy) is 2. The number of halogens is 1. The van der Waals surface area contributed by atoms with Crippen LogP contribution in [-0.2, 0) is 14.3 Å². The maximum atomic E-state index is 13.1. The summed E-state index contributed by atoms with van der Waals surface area (Å²) in [5.41, 5.74) is 0. The minimum absolute atomic E-state index is 0.174. The first-order chi connectivity index (χ1) is 7.61. The fourth-order valence-corrected chi connectivity index (χ4v) is 1.39. The zero-order valence-electron chi connectivity index (χ0n) is 10.5. The number of hydrogen-bond donors (Lipinski definition) is 0. The summed E-state index contributed by atoms with van der Waals surface area (Å²) in [6, 6.07) is 0. The van der Waals surface area contributed by atoms with Crippen LogP contribution in [0.15, 0.2) is 0 Å². The van der Waals surface area contributed by atoms with Gasteiger partial charge in [0.05, 0.1) is 12.7 Å². The zero-order valence-corrected chi connectivity index (χ0v) is 10.5. The number of hydrogen-bond acceptors (Lipinski definition) is 3. The van der Waals surface area contributed by atoms with Gasteiger partial charge in [-0.3, -0.25) is 0 Å². The van der Waals surface area contributed by atoms with Crippen LogP contribution in [0.4, 0.5) is 4.39 Å². The van der Waals surface area contributed by atoms with Crippen molar-refractivity contribution in [3.8, 4) is 0 Å². The van der Waals surface area contributed by atoms with E-state index >= 15 is 0 Å². The lowest BCUT2D eigenvalue weighted by molar-refractivity contribution is -0.175. The third kappa shape index (κ3) is 7.63. The first-order valence-electron chi connectivity index (χ1n) is 6.08. The van der Waals surface area contributed by atoms with Crippen LogP contribution in [0.3, 0.4) is 0 Å². The van der Waals surface area contributed by atoms with Gasteiger partial charge in [-0.25, -0.2) is 9.18 Å². The molecule has 16 heavy (non-hydrogen) atoms. The number of carbonyl (C=O) groups is 1. The van der Waals surface area contributed by atoms with Gasteiger partial charge < -0.3 is 9.47 Å². The van der Waals surface area contributed by atoms with E-state index in [1.54, 1.807) is 13.8 Å². The Hall–Kier alpha value is -0.640. The number of esters is 1. The van der Waals surface area contributed by atoms with Gasteiger partial charge in [0.15, 0.2) is 0 Å². The van der Waals surface area contributed by atoms with Gasteiger partial charge in [0.2, 0.25) is 0 Å². The van der Waals surface area contributed by atoms with Gasteiger partial charge in [-0.2, -0.15) is 0 Å². The Kier molecular flexibility index (Phi) is 9.19. The third-order valence-electron chi connectivity index (χ3n) is 2.29. The van der Waals surface area contributed by atoms with Gasteiger partial charge in [0.25, 0.3) is 6.36 Å². The lowest BCUT2D eigenvalue weighted by atomic mass is 10.1. The Morgan fingerprint density at radius 2 is 1.94 bits per heavy atom. The van der Waals surface area contributed by atoms with Crippen LogP contribution in [0.5, 0.6) is 0 Å². The normalized spacial score (nSPS) is 14.5. The van der Waals surface area contributed by atoms with Crippen molar-refractivity contribution in [2.45, 2.75) is 65.3 Å². The monoisotopic (exact) mass is 234 g/mol. The van der Waals surface area contributed by atoms with E-state index < -0.39 is 12.3 Å². The topological polar surface area (TPSA) is 35.5 Å². The van der Waals surface area contributed by atoms with Crippen LogP contribution in [0.2, 0.25) is 0 Å². The molecular formula is C12H23FO3. The van der Waals surface area contributed by atoms with Crippen molar-refractivity contribution < 1.29 is 18.7 Å². The quantitative estimate of drug-likeness (QED) is 0.454. The van der Waals surface area contributed by atoms with Crippen molar-refractivity contribution in [1.29, 1.82) is 0 Å². The van der Waals surface area contributed by atoms with Gasteiger partial charge >= 0.3 is 5.97 Å². The maximum absolute atomic E-state index is 13.1. The van der Waals surface area contributed by atoms with E-state index in [-0.39, 0.29) is 12.7 Å². The molecule has 0 aromatic carbocycles. The lowest BCUT2D eigenvalue weighted by Crippen LogP contribution is -2.26. The minimum Gasteiger partial charge on any atom is -0.462 e. The Bertz CT molecular complexity index is 185. The molecule has 2 unspecified atom stereocenters. The van der Waals surface area contributed by atoms with Crippen molar-refractivity contribution in [2.75, 3.05) is 6.61 Å². The molecule has 0 rings (SSSR count). The second-order valence-corrected chi connectivity index (χ2v) is 3.86. The average Bonchev–Trinajstić information content (AvgIpc) is 2.24. The van der Waals surface area contributed by atoms with Gasteiger partial charge in [-0.1, -0.05) is 32.6 Å². The molecule has 2 atom stereocenters. The smallest absolute Gasteiger partial charge is 0.368 e. The van der Waals surface area contributed by atoms with E-state index in [9.17, 15) is 9.18 Å². The Morgan fingerprint density at radius 1 is 1.25 bits per heavy atom. The van der Waals surface area contributed by atoms with E-state index in [4.69, 9.17) is 4.74 Å². The van der Waals surface area contributed by atoms with Gasteiger partial charge in [0, 0.05) is 0 Å². The molecule has 0 aliphatic heterocycles. The van der Waals surface area contributed by atoms with Crippen LogP contribution in [0, 0.1) is 0 Å². The van der Waals surface area contributed by atoms with Crippen molar-refractivity contribution in [1.82, 2.24) is 0 Å². The molecule has 0 N–H and O–H groups in total. The summed E-state index contributed by atoms with van der Waals surface area (Å²) in [6.07, 6.45) is 3.08. The van der Waals surface area contributed by atoms with E-state index in [0.717, 1.165) is 19.3 Å². The molecule has 0 fully saturated rings. The van der Waals surface area contributed by atoms with Crippen LogP contribution >= 0.6 is 0 Å². The molecule has 4 heteroatoms. The predicted octanol–water partition coefficient (Wildman–Crippen LogP) is 3.22. The highest BCUT2D eigenvalue weighted by molar-refractivity contribution is 5.72. The highest BCUT2D eigenvalue weighted by Gasteiger charge is 2.21. The molecule has 0 heterocycles. The fourth-order valence-electron chi connectivity index (χ4n) is 1.39. The van der Waals surface area contributed by atoms with Crippen LogP contribution in [-0.4, -0.2) is 25.0 Å². The van der Waals surface area contributed by atoms with Crippen LogP contribution in [0.1, 0.15) is 52.9 Å². The Morgan fingerprint density at radius 3 is 2.50 bits per heavy atom. The maximum Gasteiger partial charge on any atom is 0.368 e. The summed E-state index contributed by atoms with van der Waals surface area (Å²) in [5.74, 6) is -0.928. The molecular weight excluding hydrogens is 211 g/mol. The van der Waals surface area contributed by atoms with Gasteiger partial charge in [-0.15, -0.1) is 0 Å². The van der Waals surface area contributed by atoms with Gasteiger partial charge in [0.1, 0.15) is 0 Å². The molecule has 96 valence electrons. The van der Waals surface area contributed by atoms with E-state index in [0.29, 0.717) is 0 Å². The molecule has 0 aliphatic carbocycles. The largest absolute Gasteiger partial charge is 0.462 e. The summed E-state index contributed by atoms with van der Waals surface area (Å²) >= 11 is 0. The molecule has 3 nitrogen and oxygen atoms in total. The molecule has 0 aromatic rings. The Balaban J connectivity index is 3.60. The van der Waals surface area contributed by atoms with E-state index in [1.165, 1.54) is 12.8 Å². The van der Waals surface area contributed by atoms with Crippen molar-refractivity contribution >= 4 is 5.97 Å².